The Labute approximate surface area is 308 Å². The minimum Gasteiger partial charge on any atom is -0.462 e. The van der Waals surface area contributed by atoms with Crippen molar-refractivity contribution in [3.63, 3.8) is 0 Å². The highest BCUT2D eigenvalue weighted by Gasteiger charge is 2.19. The lowest BCUT2D eigenvalue weighted by molar-refractivity contribution is -0.167. The van der Waals surface area contributed by atoms with Crippen LogP contribution in [-0.2, 0) is 28.6 Å². The van der Waals surface area contributed by atoms with Crippen molar-refractivity contribution >= 4 is 17.9 Å². The van der Waals surface area contributed by atoms with Crippen LogP contribution in [-0.4, -0.2) is 37.2 Å². The van der Waals surface area contributed by atoms with E-state index in [2.05, 4.69) is 57.2 Å². The van der Waals surface area contributed by atoms with Crippen LogP contribution in [0.4, 0.5) is 0 Å². The standard InChI is InChI=1S/C44H78O6/c1-4-7-10-13-16-19-21-23-25-28-31-34-37-43(46)49-40-41(39-48-42(45)36-33-30-27-24-18-15-12-9-6-3)50-44(47)38-35-32-29-26-22-20-17-14-11-8-5-2/h7,10,16,19,24,27,41H,4-6,8-9,11-15,17-18,20-23,25-26,28-40H2,1-3H3/b10-7-,19-16-,27-24-. The average molecular weight is 703 g/mol. The highest BCUT2D eigenvalue weighted by molar-refractivity contribution is 5.71. The Kier molecular flexibility index (Phi) is 37.5. The number of esters is 3. The van der Waals surface area contributed by atoms with Gasteiger partial charge in [0.25, 0.3) is 0 Å². The number of unbranched alkanes of at least 4 members (excludes halogenated alkanes) is 20. The monoisotopic (exact) mass is 703 g/mol. The van der Waals surface area contributed by atoms with E-state index in [4.69, 9.17) is 14.2 Å². The second kappa shape index (κ2) is 39.4. The zero-order chi connectivity index (χ0) is 36.6. The molecule has 0 aromatic heterocycles. The predicted molar refractivity (Wildman–Crippen MR) is 210 cm³/mol. The van der Waals surface area contributed by atoms with Gasteiger partial charge in [-0.2, -0.15) is 0 Å². The van der Waals surface area contributed by atoms with Crippen LogP contribution in [0.3, 0.4) is 0 Å². The van der Waals surface area contributed by atoms with Gasteiger partial charge in [0.2, 0.25) is 0 Å². The first-order chi connectivity index (χ1) is 24.5. The van der Waals surface area contributed by atoms with Gasteiger partial charge in [-0.1, -0.05) is 160 Å². The van der Waals surface area contributed by atoms with Crippen LogP contribution in [0.2, 0.25) is 0 Å². The molecule has 0 aliphatic rings. The number of carbonyl (C=O) groups excluding carboxylic acids is 3. The third-order valence-corrected chi connectivity index (χ3v) is 8.88. The summed E-state index contributed by atoms with van der Waals surface area (Å²) in [7, 11) is 0. The van der Waals surface area contributed by atoms with Crippen molar-refractivity contribution in [2.24, 2.45) is 0 Å². The fourth-order valence-corrected chi connectivity index (χ4v) is 5.72. The first kappa shape index (κ1) is 47.6. The van der Waals surface area contributed by atoms with E-state index in [9.17, 15) is 14.4 Å². The third-order valence-electron chi connectivity index (χ3n) is 8.88. The van der Waals surface area contributed by atoms with Crippen molar-refractivity contribution in [3.8, 4) is 0 Å². The number of allylic oxidation sites excluding steroid dienone is 6. The molecule has 6 nitrogen and oxygen atoms in total. The molecule has 0 bridgehead atoms. The highest BCUT2D eigenvalue weighted by atomic mass is 16.6. The van der Waals surface area contributed by atoms with Gasteiger partial charge >= 0.3 is 17.9 Å². The summed E-state index contributed by atoms with van der Waals surface area (Å²) in [4.78, 5) is 37.5. The predicted octanol–water partition coefficient (Wildman–Crippen LogP) is 13.0. The van der Waals surface area contributed by atoms with Crippen molar-refractivity contribution in [3.05, 3.63) is 36.5 Å². The van der Waals surface area contributed by atoms with E-state index in [1.54, 1.807) is 0 Å². The molecule has 0 rings (SSSR count). The lowest BCUT2D eigenvalue weighted by Gasteiger charge is -2.18. The van der Waals surface area contributed by atoms with Gasteiger partial charge in [0.1, 0.15) is 13.2 Å². The summed E-state index contributed by atoms with van der Waals surface area (Å²) in [5.41, 5.74) is 0. The number of carbonyl (C=O) groups is 3. The summed E-state index contributed by atoms with van der Waals surface area (Å²) < 4.78 is 16.6. The molecule has 290 valence electrons. The number of rotatable bonds is 37. The zero-order valence-electron chi connectivity index (χ0n) is 32.9. The van der Waals surface area contributed by atoms with Crippen molar-refractivity contribution in [1.82, 2.24) is 0 Å². The molecule has 0 saturated carbocycles. The normalized spacial score (nSPS) is 12.3. The lowest BCUT2D eigenvalue weighted by atomic mass is 10.1. The van der Waals surface area contributed by atoms with E-state index in [0.717, 1.165) is 83.5 Å². The summed E-state index contributed by atoms with van der Waals surface area (Å²) in [6.45, 7) is 6.43. The van der Waals surface area contributed by atoms with Crippen LogP contribution in [0.1, 0.15) is 207 Å². The molecule has 0 amide bonds. The zero-order valence-corrected chi connectivity index (χ0v) is 32.9. The average Bonchev–Trinajstić information content (AvgIpc) is 3.11. The first-order valence-corrected chi connectivity index (χ1v) is 21.0. The Bertz CT molecular complexity index is 861. The van der Waals surface area contributed by atoms with Gasteiger partial charge < -0.3 is 14.2 Å². The maximum absolute atomic E-state index is 12.6. The fourth-order valence-electron chi connectivity index (χ4n) is 5.72. The number of hydrogen-bond donors (Lipinski definition) is 0. The smallest absolute Gasteiger partial charge is 0.306 e. The maximum atomic E-state index is 12.6. The first-order valence-electron chi connectivity index (χ1n) is 21.0. The maximum Gasteiger partial charge on any atom is 0.306 e. The molecule has 0 spiro atoms. The fraction of sp³-hybridized carbons (Fsp3) is 0.795. The molecule has 0 aromatic rings. The Hall–Kier alpha value is -2.37. The SMILES string of the molecule is CC/C=C\C/C=C\CCCCCCCC(=O)OCC(COC(=O)CCC/C=C\CCCCCC)OC(=O)CCCCCCCCCCCCC. The summed E-state index contributed by atoms with van der Waals surface area (Å²) >= 11 is 0. The van der Waals surface area contributed by atoms with Gasteiger partial charge in [0, 0.05) is 19.3 Å². The van der Waals surface area contributed by atoms with Crippen LogP contribution in [0.25, 0.3) is 0 Å². The van der Waals surface area contributed by atoms with E-state index in [-0.39, 0.29) is 31.1 Å². The van der Waals surface area contributed by atoms with E-state index < -0.39 is 6.10 Å². The largest absolute Gasteiger partial charge is 0.462 e. The topological polar surface area (TPSA) is 78.9 Å². The van der Waals surface area contributed by atoms with E-state index >= 15 is 0 Å². The highest BCUT2D eigenvalue weighted by Crippen LogP contribution is 2.14. The molecule has 0 aliphatic carbocycles. The van der Waals surface area contributed by atoms with Crippen molar-refractivity contribution < 1.29 is 28.6 Å². The van der Waals surface area contributed by atoms with Crippen LogP contribution in [0.15, 0.2) is 36.5 Å². The van der Waals surface area contributed by atoms with Crippen LogP contribution in [0.5, 0.6) is 0 Å². The van der Waals surface area contributed by atoms with Crippen LogP contribution >= 0.6 is 0 Å². The minimum atomic E-state index is -0.781. The molecule has 1 atom stereocenters. The van der Waals surface area contributed by atoms with E-state index in [1.807, 2.05) is 0 Å². The van der Waals surface area contributed by atoms with E-state index in [1.165, 1.54) is 83.5 Å². The molecular formula is C44H78O6. The van der Waals surface area contributed by atoms with Crippen LogP contribution < -0.4 is 0 Å². The number of ether oxygens (including phenoxy) is 3. The quantitative estimate of drug-likeness (QED) is 0.0277. The molecule has 50 heavy (non-hydrogen) atoms. The Morgan fingerprint density at radius 3 is 1.32 bits per heavy atom. The second-order valence-electron chi connectivity index (χ2n) is 13.9. The number of hydrogen-bond acceptors (Lipinski definition) is 6. The Morgan fingerprint density at radius 2 is 0.800 bits per heavy atom. The van der Waals surface area contributed by atoms with Crippen molar-refractivity contribution in [1.29, 1.82) is 0 Å². The Morgan fingerprint density at radius 1 is 0.420 bits per heavy atom. The van der Waals surface area contributed by atoms with E-state index in [0.29, 0.717) is 19.3 Å². The summed E-state index contributed by atoms with van der Waals surface area (Å²) in [6.07, 6.45) is 42.8. The molecule has 0 heterocycles. The van der Waals surface area contributed by atoms with Gasteiger partial charge in [-0.15, -0.1) is 0 Å². The van der Waals surface area contributed by atoms with Crippen molar-refractivity contribution in [2.45, 2.75) is 213 Å². The molecule has 0 saturated heterocycles. The molecule has 1 unspecified atom stereocenters. The van der Waals surface area contributed by atoms with Crippen molar-refractivity contribution in [2.75, 3.05) is 13.2 Å². The molecule has 0 aromatic carbocycles. The van der Waals surface area contributed by atoms with Crippen LogP contribution in [0, 0.1) is 0 Å². The summed E-state index contributed by atoms with van der Waals surface area (Å²) in [5.74, 6) is -0.940. The Balaban J connectivity index is 4.41. The molecule has 0 fully saturated rings. The molecule has 0 aliphatic heterocycles. The van der Waals surface area contributed by atoms with Gasteiger partial charge in [0.15, 0.2) is 6.10 Å². The van der Waals surface area contributed by atoms with Gasteiger partial charge in [-0.3, -0.25) is 14.4 Å². The van der Waals surface area contributed by atoms with Gasteiger partial charge in [0.05, 0.1) is 0 Å². The van der Waals surface area contributed by atoms with Gasteiger partial charge in [-0.05, 0) is 64.2 Å². The molecular weight excluding hydrogens is 624 g/mol. The molecule has 0 N–H and O–H groups in total. The molecule has 0 radical (unpaired) electrons. The minimum absolute atomic E-state index is 0.0866. The summed E-state index contributed by atoms with van der Waals surface area (Å²) in [5, 5.41) is 0. The molecule has 6 heteroatoms. The third kappa shape index (κ3) is 36.9. The summed E-state index contributed by atoms with van der Waals surface area (Å²) in [6, 6.07) is 0. The second-order valence-corrected chi connectivity index (χ2v) is 13.9. The lowest BCUT2D eigenvalue weighted by Crippen LogP contribution is -2.30. The van der Waals surface area contributed by atoms with Gasteiger partial charge in [-0.25, -0.2) is 0 Å².